The molecule has 0 spiro atoms. The zero-order valence-corrected chi connectivity index (χ0v) is 42.7. The molecule has 21 nitrogen and oxygen atoms in total. The lowest BCUT2D eigenvalue weighted by molar-refractivity contribution is -0.183. The number of phosphoric ester groups is 2. The Morgan fingerprint density at radius 3 is 2.21 bits per heavy atom. The minimum atomic E-state index is -5.72. The van der Waals surface area contributed by atoms with Crippen molar-refractivity contribution in [1.82, 2.24) is 9.55 Å². The number of hydrogen-bond donors (Lipinski definition) is 7. The van der Waals surface area contributed by atoms with Gasteiger partial charge in [0.1, 0.15) is 36.6 Å². The monoisotopic (exact) mass is 1040 g/mol. The second-order valence-electron chi connectivity index (χ2n) is 18.6. The second-order valence-corrected chi connectivity index (χ2v) is 21.6. The average molecular weight is 1040 g/mol. The zero-order valence-electron chi connectivity index (χ0n) is 40.9. The number of rotatable bonds is 21. The van der Waals surface area contributed by atoms with Crippen LogP contribution in [0.4, 0.5) is 5.82 Å². The van der Waals surface area contributed by atoms with E-state index >= 15 is 0 Å². The number of anilines is 1. The lowest BCUT2D eigenvalue weighted by atomic mass is 9.83. The number of fused-ring (bicyclic) bond motifs is 3. The first-order valence-electron chi connectivity index (χ1n) is 24.8. The maximum absolute atomic E-state index is 14.2. The van der Waals surface area contributed by atoms with Crippen LogP contribution >= 0.6 is 15.6 Å². The molecule has 1 aromatic heterocycles. The number of cyclic esters (lactones) is 1. The molecule has 0 aliphatic carbocycles. The number of hydrogen-bond acceptors (Lipinski definition) is 18. The quantitative estimate of drug-likeness (QED) is 0.0308. The highest BCUT2D eigenvalue weighted by Gasteiger charge is 2.45. The largest absolute Gasteiger partial charge is 0.481 e. The van der Waals surface area contributed by atoms with Gasteiger partial charge in [-0.3, -0.25) is 28.0 Å². The molecule has 0 saturated carbocycles. The van der Waals surface area contributed by atoms with E-state index < -0.39 is 120 Å². The molecular weight excluding hydrogens is 956 g/mol. The van der Waals surface area contributed by atoms with Gasteiger partial charge in [-0.05, 0) is 44.1 Å². The fourth-order valence-electron chi connectivity index (χ4n) is 8.07. The van der Waals surface area contributed by atoms with E-state index in [0.717, 1.165) is 55.2 Å². The minimum Gasteiger partial charge on any atom is -0.462 e. The maximum Gasteiger partial charge on any atom is 0.481 e. The highest BCUT2D eigenvalue weighted by atomic mass is 31.3. The molecule has 70 heavy (non-hydrogen) atoms. The fourth-order valence-corrected chi connectivity index (χ4v) is 10.2. The number of nitrogens with two attached hydrogens (primary N) is 1. The van der Waals surface area contributed by atoms with E-state index in [1.54, 1.807) is 12.2 Å². The number of aliphatic hydroxyl groups excluding tert-OH is 4. The van der Waals surface area contributed by atoms with Crippen molar-refractivity contribution in [3.05, 3.63) is 47.1 Å². The van der Waals surface area contributed by atoms with E-state index in [4.69, 9.17) is 29.0 Å². The van der Waals surface area contributed by atoms with Crippen molar-refractivity contribution >= 4 is 39.2 Å². The third kappa shape index (κ3) is 23.6. The van der Waals surface area contributed by atoms with Crippen LogP contribution in [0.5, 0.6) is 0 Å². The van der Waals surface area contributed by atoms with Gasteiger partial charge in [0.25, 0.3) is 0 Å². The standard InChI is InChI=1S/C47H79N3O18P2/c1-4-5-15-21-34(51)25-26-36-38(52)29-39(53)37-22-17-13-14-19-24-43(55)66-35(30-63-42(54)23-18-12-10-8-6-7-9-11-16-20-33(2)3)31-64-69(59,60)68-70(61,62)65-32-40(45(57)44(36)56)67-46(37)50-28-27-41(48)49-47(50)58/h13,17,25-28,33-38,40,44-46,51-52,56-57H,4-12,14-16,18-24,29-32H2,1-3H3,(H,59,60)(H,61,62)(H2,48,49,58)/t34-,35+,36-,37-,38+,40+,44-,45+,46+/m0/s1. The van der Waals surface area contributed by atoms with Gasteiger partial charge >= 0.3 is 33.3 Å². The summed E-state index contributed by atoms with van der Waals surface area (Å²) >= 11 is 0. The first kappa shape index (κ1) is 61.1. The highest BCUT2D eigenvalue weighted by Crippen LogP contribution is 2.60. The number of nitrogens with zero attached hydrogens (tertiary/aromatic N) is 2. The minimum absolute atomic E-state index is 0.0765. The molecule has 2 aliphatic rings. The van der Waals surface area contributed by atoms with Gasteiger partial charge in [-0.25, -0.2) is 13.9 Å². The summed E-state index contributed by atoms with van der Waals surface area (Å²) in [6.45, 7) is 3.69. The van der Waals surface area contributed by atoms with Crippen molar-refractivity contribution in [1.29, 1.82) is 0 Å². The van der Waals surface area contributed by atoms with Crippen molar-refractivity contribution < 1.29 is 81.3 Å². The molecule has 1 fully saturated rings. The van der Waals surface area contributed by atoms with E-state index in [9.17, 15) is 58.5 Å². The molecule has 0 amide bonds. The molecule has 1 aromatic rings. The summed E-state index contributed by atoms with van der Waals surface area (Å²) in [6.07, 6.45) is 7.68. The van der Waals surface area contributed by atoms with Gasteiger partial charge in [0.15, 0.2) is 6.10 Å². The molecule has 8 N–H and O–H groups in total. The SMILES string of the molecule is CCCCC[C@H](O)C=C[C@@H]1[C@H](O)[C@H](O)[C@H]2COP(=O)(O)OP(=O)(O)OC[C@@H](COC(=O)CCCCCCCCCCCC(C)C)OC(=O)CCCC=CC[C@@H](C(=O)C[C@H]1O)[C@H](n1ccc(N)nc1=O)O2. The normalized spacial score (nSPS) is 29.7. The number of phosphoric acid groups is 2. The van der Waals surface area contributed by atoms with E-state index in [-0.39, 0.29) is 37.9 Å². The summed E-state index contributed by atoms with van der Waals surface area (Å²) in [6, 6.07) is 1.21. The predicted octanol–water partition coefficient (Wildman–Crippen LogP) is 6.28. The number of allylic oxidation sites excluding steroid dienone is 2. The summed E-state index contributed by atoms with van der Waals surface area (Å²) in [5.41, 5.74) is 4.71. The molecule has 23 heteroatoms. The number of aromatic nitrogens is 2. The van der Waals surface area contributed by atoms with Gasteiger partial charge in [0.2, 0.25) is 0 Å². The third-order valence-electron chi connectivity index (χ3n) is 12.1. The molecule has 0 radical (unpaired) electrons. The fraction of sp³-hybridized carbons (Fsp3) is 0.766. The summed E-state index contributed by atoms with van der Waals surface area (Å²) in [5.74, 6) is -4.40. The molecule has 0 aromatic carbocycles. The van der Waals surface area contributed by atoms with Crippen molar-refractivity contribution in [2.24, 2.45) is 17.8 Å². The summed E-state index contributed by atoms with van der Waals surface area (Å²) < 4.78 is 58.7. The van der Waals surface area contributed by atoms with Crippen molar-refractivity contribution in [2.75, 3.05) is 25.6 Å². The van der Waals surface area contributed by atoms with E-state index in [2.05, 4.69) is 23.1 Å². The zero-order chi connectivity index (χ0) is 51.7. The first-order valence-corrected chi connectivity index (χ1v) is 27.8. The Labute approximate surface area is 411 Å². The molecule has 1 saturated heterocycles. The van der Waals surface area contributed by atoms with Gasteiger partial charge in [-0.2, -0.15) is 9.29 Å². The van der Waals surface area contributed by atoms with Crippen molar-refractivity contribution in [3.8, 4) is 0 Å². The molecule has 400 valence electrons. The van der Waals surface area contributed by atoms with Gasteiger partial charge < -0.3 is 50.2 Å². The molecule has 2 bridgehead atoms. The Morgan fingerprint density at radius 2 is 1.56 bits per heavy atom. The van der Waals surface area contributed by atoms with Crippen molar-refractivity contribution in [2.45, 2.75) is 192 Å². The Morgan fingerprint density at radius 1 is 0.914 bits per heavy atom. The number of esters is 2. The summed E-state index contributed by atoms with van der Waals surface area (Å²) in [4.78, 5) is 78.1. The summed E-state index contributed by atoms with van der Waals surface area (Å²) in [5, 5.41) is 45.4. The molecule has 2 aliphatic heterocycles. The van der Waals surface area contributed by atoms with Crippen LogP contribution in [-0.2, 0) is 51.1 Å². The molecule has 3 heterocycles. The number of aliphatic hydroxyl groups is 4. The van der Waals surface area contributed by atoms with Gasteiger partial charge in [0, 0.05) is 31.4 Å². The lowest BCUT2D eigenvalue weighted by Gasteiger charge is -2.38. The molecule has 2 unspecified atom stereocenters. The first-order chi connectivity index (χ1) is 33.2. The Kier molecular flexibility index (Phi) is 28.0. The van der Waals surface area contributed by atoms with Crippen molar-refractivity contribution in [3.63, 3.8) is 0 Å². The topological polar surface area (TPSA) is 323 Å². The number of carbonyl (C=O) groups excluding carboxylic acids is 3. The van der Waals surface area contributed by atoms with Crippen LogP contribution in [0.25, 0.3) is 0 Å². The molecule has 11 atom stereocenters. The maximum atomic E-state index is 14.2. The summed E-state index contributed by atoms with van der Waals surface area (Å²) in [7, 11) is -11.3. The van der Waals surface area contributed by atoms with Crippen LogP contribution < -0.4 is 11.4 Å². The van der Waals surface area contributed by atoms with Crippen LogP contribution in [0.2, 0.25) is 0 Å². The van der Waals surface area contributed by atoms with E-state index in [0.29, 0.717) is 19.3 Å². The number of ketones is 1. The lowest BCUT2D eigenvalue weighted by Crippen LogP contribution is -2.51. The van der Waals surface area contributed by atoms with Crippen LogP contribution in [0, 0.1) is 17.8 Å². The number of ether oxygens (including phenoxy) is 3. The number of carbonyl (C=O) groups is 3. The predicted molar refractivity (Wildman–Crippen MR) is 257 cm³/mol. The van der Waals surface area contributed by atoms with E-state index in [1.807, 2.05) is 6.92 Å². The smallest absolute Gasteiger partial charge is 0.462 e. The second kappa shape index (κ2) is 32.1. The number of Topliss-reactive ketones (excluding diaryl/α,β-unsaturated/α-hetero) is 1. The van der Waals surface area contributed by atoms with Crippen LogP contribution in [0.3, 0.4) is 0 Å². The van der Waals surface area contributed by atoms with Crippen LogP contribution in [0.15, 0.2) is 41.4 Å². The average Bonchev–Trinajstić information content (AvgIpc) is 3.28. The van der Waals surface area contributed by atoms with Crippen LogP contribution in [0.1, 0.15) is 155 Å². The van der Waals surface area contributed by atoms with Crippen LogP contribution in [-0.4, -0.2) is 114 Å². The van der Waals surface area contributed by atoms with Gasteiger partial charge in [-0.15, -0.1) is 0 Å². The number of unbranched alkanes of at least 4 members (excludes halogenated alkanes) is 10. The highest BCUT2D eigenvalue weighted by molar-refractivity contribution is 7.61. The molecular formula is C47H79N3O18P2. The van der Waals surface area contributed by atoms with E-state index in [1.165, 1.54) is 50.3 Å². The van der Waals surface area contributed by atoms with Gasteiger partial charge in [0.05, 0.1) is 37.4 Å². The Hall–Kier alpha value is -3.17. The third-order valence-corrected chi connectivity index (χ3v) is 14.7. The Balaban J connectivity index is 1.84. The molecule has 3 rings (SSSR count). The number of nitrogen functional groups attached to an aromatic ring is 1. The Bertz CT molecular complexity index is 1950. The van der Waals surface area contributed by atoms with Gasteiger partial charge in [-0.1, -0.05) is 122 Å².